The zero-order valence-corrected chi connectivity index (χ0v) is 20.6. The van der Waals surface area contributed by atoms with Crippen molar-refractivity contribution in [2.45, 2.75) is 12.3 Å². The third-order valence-corrected chi connectivity index (χ3v) is 6.41. The highest BCUT2D eigenvalue weighted by molar-refractivity contribution is 6.15. The van der Waals surface area contributed by atoms with E-state index >= 15 is 0 Å². The van der Waals surface area contributed by atoms with E-state index in [9.17, 15) is 14.7 Å². The topological polar surface area (TPSA) is 110 Å². The van der Waals surface area contributed by atoms with E-state index in [2.05, 4.69) is 0 Å². The molecule has 0 bridgehead atoms. The monoisotopic (exact) mass is 504 g/mol. The fraction of sp³-hybridized carbons (Fsp3) is 0.214. The number of phenols is 1. The van der Waals surface area contributed by atoms with Crippen LogP contribution in [-0.2, 0) is 4.79 Å². The summed E-state index contributed by atoms with van der Waals surface area (Å²) < 4.78 is 33.1. The van der Waals surface area contributed by atoms with E-state index in [1.54, 1.807) is 42.5 Å². The molecule has 37 heavy (non-hydrogen) atoms. The number of hydrogen-bond donors (Lipinski definition) is 1. The maximum Gasteiger partial charge on any atom is 0.312 e. The maximum absolute atomic E-state index is 13.4. The number of Topliss-reactive ketones (excluding diaryl/α,β-unsaturated/α-hetero) is 1. The summed E-state index contributed by atoms with van der Waals surface area (Å²) in [6.07, 6.45) is 1.60. The van der Waals surface area contributed by atoms with Crippen LogP contribution < -0.4 is 28.4 Å². The molecule has 0 unspecified atom stereocenters. The van der Waals surface area contributed by atoms with Gasteiger partial charge in [0.2, 0.25) is 5.78 Å². The Labute approximate surface area is 212 Å². The summed E-state index contributed by atoms with van der Waals surface area (Å²) in [6.45, 7) is 0. The first kappa shape index (κ1) is 24.1. The first-order valence-electron chi connectivity index (χ1n) is 11.4. The van der Waals surface area contributed by atoms with Gasteiger partial charge in [0.05, 0.1) is 40.4 Å². The Balaban J connectivity index is 1.61. The molecule has 9 heteroatoms. The number of rotatable bonds is 6. The van der Waals surface area contributed by atoms with Crippen LogP contribution in [0.1, 0.15) is 39.4 Å². The smallest absolute Gasteiger partial charge is 0.312 e. The largest absolute Gasteiger partial charge is 0.504 e. The Morgan fingerprint density at radius 1 is 0.838 bits per heavy atom. The lowest BCUT2D eigenvalue weighted by Gasteiger charge is -2.26. The predicted octanol–water partition coefficient (Wildman–Crippen LogP) is 4.48. The first-order valence-corrected chi connectivity index (χ1v) is 11.4. The number of ketones is 1. The average molecular weight is 504 g/mol. The highest BCUT2D eigenvalue weighted by Gasteiger charge is 2.39. The van der Waals surface area contributed by atoms with Crippen LogP contribution in [0.25, 0.3) is 6.08 Å². The van der Waals surface area contributed by atoms with E-state index in [0.29, 0.717) is 51.0 Å². The molecule has 0 aromatic heterocycles. The van der Waals surface area contributed by atoms with Gasteiger partial charge in [-0.25, -0.2) is 0 Å². The lowest BCUT2D eigenvalue weighted by molar-refractivity contribution is -0.135. The molecule has 0 spiro atoms. The van der Waals surface area contributed by atoms with Crippen molar-refractivity contribution in [1.29, 1.82) is 0 Å². The number of ether oxygens (including phenoxy) is 6. The summed E-state index contributed by atoms with van der Waals surface area (Å²) in [6, 6.07) is 11.4. The average Bonchev–Trinajstić information content (AvgIpc) is 3.22. The maximum atomic E-state index is 13.4. The van der Waals surface area contributed by atoms with Crippen LogP contribution in [0.2, 0.25) is 0 Å². The fourth-order valence-corrected chi connectivity index (χ4v) is 4.61. The molecule has 2 aliphatic rings. The van der Waals surface area contributed by atoms with Crippen molar-refractivity contribution < 1.29 is 43.1 Å². The minimum Gasteiger partial charge on any atom is -0.504 e. The number of phenolic OH excluding ortho intramolecular Hbond substituents is 1. The molecule has 0 radical (unpaired) electrons. The molecule has 1 atom stereocenters. The van der Waals surface area contributed by atoms with Crippen LogP contribution in [-0.4, -0.2) is 45.3 Å². The van der Waals surface area contributed by atoms with Gasteiger partial charge in [0, 0.05) is 23.1 Å². The van der Waals surface area contributed by atoms with Gasteiger partial charge >= 0.3 is 5.97 Å². The van der Waals surface area contributed by atoms with E-state index in [1.165, 1.54) is 34.5 Å². The van der Waals surface area contributed by atoms with Gasteiger partial charge < -0.3 is 33.5 Å². The van der Waals surface area contributed by atoms with E-state index in [-0.39, 0.29) is 29.5 Å². The second-order valence-electron chi connectivity index (χ2n) is 8.41. The molecule has 0 saturated carbocycles. The molecule has 2 heterocycles. The van der Waals surface area contributed by atoms with Crippen molar-refractivity contribution in [1.82, 2.24) is 0 Å². The van der Waals surface area contributed by atoms with Crippen molar-refractivity contribution in [3.8, 4) is 40.2 Å². The molecular weight excluding hydrogens is 480 g/mol. The Morgan fingerprint density at radius 3 is 2.24 bits per heavy atom. The molecule has 1 N–H and O–H groups in total. The van der Waals surface area contributed by atoms with Crippen LogP contribution in [0.5, 0.6) is 40.2 Å². The normalized spacial score (nSPS) is 17.0. The standard InChI is InChI=1S/C28H24O9/c1-32-20-13-23(35-4)22(34-3)10-15(20)11-24-27(31)16-6-8-19-26(28(16)37-24)17(12-25(30)36-19)14-5-7-18(29)21(9-14)33-2/h5-11,13,17,29H,12H2,1-4H3/b24-11-/t17-/m0/s1. The zero-order chi connectivity index (χ0) is 26.3. The van der Waals surface area contributed by atoms with Gasteiger partial charge in [-0.3, -0.25) is 9.59 Å². The number of benzene rings is 3. The molecule has 2 aliphatic heterocycles. The Morgan fingerprint density at radius 2 is 1.54 bits per heavy atom. The summed E-state index contributed by atoms with van der Waals surface area (Å²) >= 11 is 0. The van der Waals surface area contributed by atoms with Gasteiger partial charge in [0.15, 0.2) is 28.8 Å². The number of allylic oxidation sites excluding steroid dienone is 1. The Hall–Kier alpha value is -4.66. The minimum atomic E-state index is -0.483. The first-order chi connectivity index (χ1) is 17.9. The SMILES string of the molecule is COc1cc([C@@H]2CC(=O)Oc3ccc4c(c32)O/C(=C\c2cc(OC)c(OC)cc2OC)C4=O)ccc1O. The zero-order valence-electron chi connectivity index (χ0n) is 20.6. The Kier molecular flexibility index (Phi) is 6.12. The molecular formula is C28H24O9. The van der Waals surface area contributed by atoms with Crippen LogP contribution >= 0.6 is 0 Å². The molecule has 3 aromatic rings. The van der Waals surface area contributed by atoms with Crippen molar-refractivity contribution >= 4 is 17.8 Å². The summed E-state index contributed by atoms with van der Waals surface area (Å²) in [5, 5.41) is 10.0. The van der Waals surface area contributed by atoms with Crippen molar-refractivity contribution in [3.63, 3.8) is 0 Å². The van der Waals surface area contributed by atoms with E-state index < -0.39 is 11.9 Å². The molecule has 0 amide bonds. The quantitative estimate of drug-likeness (QED) is 0.295. The number of carbonyl (C=O) groups is 2. The molecule has 0 saturated heterocycles. The number of hydrogen-bond acceptors (Lipinski definition) is 9. The predicted molar refractivity (Wildman–Crippen MR) is 132 cm³/mol. The third-order valence-electron chi connectivity index (χ3n) is 6.41. The highest BCUT2D eigenvalue weighted by Crippen LogP contribution is 2.50. The van der Waals surface area contributed by atoms with Crippen LogP contribution in [0, 0.1) is 0 Å². The number of carbonyl (C=O) groups excluding carboxylic acids is 2. The highest BCUT2D eigenvalue weighted by atomic mass is 16.5. The van der Waals surface area contributed by atoms with Gasteiger partial charge in [-0.1, -0.05) is 6.07 Å². The van der Waals surface area contributed by atoms with Gasteiger partial charge in [0.25, 0.3) is 0 Å². The summed E-state index contributed by atoms with van der Waals surface area (Å²) in [7, 11) is 5.99. The van der Waals surface area contributed by atoms with Crippen LogP contribution in [0.4, 0.5) is 0 Å². The number of esters is 1. The van der Waals surface area contributed by atoms with Gasteiger partial charge in [-0.2, -0.15) is 0 Å². The van der Waals surface area contributed by atoms with Crippen LogP contribution in [0.15, 0.2) is 48.2 Å². The summed E-state index contributed by atoms with van der Waals surface area (Å²) in [4.78, 5) is 25.8. The molecule has 9 nitrogen and oxygen atoms in total. The third kappa shape index (κ3) is 4.08. The lowest BCUT2D eigenvalue weighted by atomic mass is 9.84. The van der Waals surface area contributed by atoms with E-state index in [4.69, 9.17) is 28.4 Å². The Bertz CT molecular complexity index is 1450. The van der Waals surface area contributed by atoms with Gasteiger partial charge in [-0.15, -0.1) is 0 Å². The van der Waals surface area contributed by atoms with Crippen molar-refractivity contribution in [3.05, 3.63) is 70.5 Å². The number of fused-ring (bicyclic) bond motifs is 3. The molecule has 0 aliphatic carbocycles. The summed E-state index contributed by atoms with van der Waals surface area (Å²) in [5.74, 6) is 1.12. The lowest BCUT2D eigenvalue weighted by Crippen LogP contribution is -2.21. The van der Waals surface area contributed by atoms with Crippen molar-refractivity contribution in [2.24, 2.45) is 0 Å². The second kappa shape index (κ2) is 9.42. The number of methoxy groups -OCH3 is 4. The molecule has 5 rings (SSSR count). The second-order valence-corrected chi connectivity index (χ2v) is 8.41. The van der Waals surface area contributed by atoms with Gasteiger partial charge in [0.1, 0.15) is 17.2 Å². The van der Waals surface area contributed by atoms with E-state index in [0.717, 1.165) is 0 Å². The molecule has 3 aromatic carbocycles. The van der Waals surface area contributed by atoms with Gasteiger partial charge in [-0.05, 0) is 42.0 Å². The molecule has 0 fully saturated rings. The van der Waals surface area contributed by atoms with Crippen LogP contribution in [0.3, 0.4) is 0 Å². The van der Waals surface area contributed by atoms with Crippen molar-refractivity contribution in [2.75, 3.05) is 28.4 Å². The fourth-order valence-electron chi connectivity index (χ4n) is 4.61. The molecule has 190 valence electrons. The number of aromatic hydroxyl groups is 1. The summed E-state index contributed by atoms with van der Waals surface area (Å²) in [5.41, 5.74) is 2.17. The van der Waals surface area contributed by atoms with E-state index in [1.807, 2.05) is 0 Å². The minimum absolute atomic E-state index is 0.0244.